The summed E-state index contributed by atoms with van der Waals surface area (Å²) >= 11 is 3.46. The third-order valence-corrected chi connectivity index (χ3v) is 10.4. The quantitative estimate of drug-likeness (QED) is 0.149. The number of anilines is 1. The second-order valence-electron chi connectivity index (χ2n) is 11.5. The Bertz CT molecular complexity index is 1780. The van der Waals surface area contributed by atoms with Crippen molar-refractivity contribution in [1.82, 2.24) is 10.2 Å². The van der Waals surface area contributed by atoms with E-state index in [0.29, 0.717) is 17.9 Å². The summed E-state index contributed by atoms with van der Waals surface area (Å²) < 4.78 is 41.5. The van der Waals surface area contributed by atoms with Crippen LogP contribution >= 0.6 is 15.9 Å². The number of benzene rings is 4. The monoisotopic (exact) mass is 735 g/mol. The molecular formula is C37H42BrN3O6S. The average molecular weight is 737 g/mol. The Kier molecular flexibility index (Phi) is 12.7. The molecule has 254 valence electrons. The summed E-state index contributed by atoms with van der Waals surface area (Å²) in [5.74, 6) is -0.170. The average Bonchev–Trinajstić information content (AvgIpc) is 3.09. The van der Waals surface area contributed by atoms with Gasteiger partial charge in [-0.15, -0.1) is 0 Å². The van der Waals surface area contributed by atoms with Gasteiger partial charge in [-0.2, -0.15) is 0 Å². The van der Waals surface area contributed by atoms with Gasteiger partial charge >= 0.3 is 0 Å². The van der Waals surface area contributed by atoms with Crippen molar-refractivity contribution in [2.45, 2.75) is 57.1 Å². The third-order valence-electron chi connectivity index (χ3n) is 8.08. The lowest BCUT2D eigenvalue weighted by molar-refractivity contribution is -0.140. The molecule has 0 bridgehead atoms. The van der Waals surface area contributed by atoms with E-state index in [0.717, 1.165) is 25.5 Å². The van der Waals surface area contributed by atoms with Crippen molar-refractivity contribution in [3.63, 3.8) is 0 Å². The van der Waals surface area contributed by atoms with Crippen molar-refractivity contribution in [1.29, 1.82) is 0 Å². The molecule has 11 heteroatoms. The lowest BCUT2D eigenvalue weighted by atomic mass is 10.0. The first-order chi connectivity index (χ1) is 23.0. The highest BCUT2D eigenvalue weighted by Gasteiger charge is 2.35. The fourth-order valence-corrected chi connectivity index (χ4v) is 6.80. The van der Waals surface area contributed by atoms with Gasteiger partial charge in [-0.05, 0) is 67.8 Å². The molecule has 2 amide bonds. The first-order valence-electron chi connectivity index (χ1n) is 15.7. The highest BCUT2D eigenvalue weighted by atomic mass is 79.9. The van der Waals surface area contributed by atoms with E-state index in [1.165, 1.54) is 37.3 Å². The van der Waals surface area contributed by atoms with Crippen LogP contribution in [-0.4, -0.2) is 58.0 Å². The lowest BCUT2D eigenvalue weighted by Gasteiger charge is -2.34. The molecule has 0 unspecified atom stereocenters. The second-order valence-corrected chi connectivity index (χ2v) is 14.3. The zero-order valence-electron chi connectivity index (χ0n) is 27.9. The normalized spacial score (nSPS) is 12.5. The number of sulfonamides is 1. The number of nitrogens with zero attached hydrogens (tertiary/aromatic N) is 2. The molecule has 0 aliphatic rings. The molecule has 4 aromatic carbocycles. The number of carbonyl (C=O) groups is 2. The van der Waals surface area contributed by atoms with Gasteiger partial charge in [0.15, 0.2) is 11.5 Å². The minimum atomic E-state index is -4.27. The lowest BCUT2D eigenvalue weighted by Crippen LogP contribution is -2.54. The van der Waals surface area contributed by atoms with Crippen LogP contribution in [-0.2, 0) is 32.6 Å². The highest BCUT2D eigenvalue weighted by molar-refractivity contribution is 9.10. The molecule has 0 saturated carbocycles. The summed E-state index contributed by atoms with van der Waals surface area (Å²) in [6.07, 6.45) is 0.929. The van der Waals surface area contributed by atoms with E-state index in [-0.39, 0.29) is 35.5 Å². The number of methoxy groups -OCH3 is 2. The Hall–Kier alpha value is -4.35. The van der Waals surface area contributed by atoms with Crippen molar-refractivity contribution in [3.05, 3.63) is 118 Å². The summed E-state index contributed by atoms with van der Waals surface area (Å²) in [5.41, 5.74) is 2.73. The van der Waals surface area contributed by atoms with Crippen LogP contribution in [0.25, 0.3) is 0 Å². The largest absolute Gasteiger partial charge is 0.493 e. The third kappa shape index (κ3) is 9.17. The predicted octanol–water partition coefficient (Wildman–Crippen LogP) is 6.52. The van der Waals surface area contributed by atoms with Gasteiger partial charge in [-0.1, -0.05) is 83.0 Å². The number of hydrogen-bond donors (Lipinski definition) is 1. The Morgan fingerprint density at radius 2 is 1.50 bits per heavy atom. The molecule has 0 heterocycles. The number of ether oxygens (including phenoxy) is 2. The summed E-state index contributed by atoms with van der Waals surface area (Å²) in [6.45, 7) is 5.24. The van der Waals surface area contributed by atoms with Crippen LogP contribution in [0.5, 0.6) is 11.5 Å². The summed E-state index contributed by atoms with van der Waals surface area (Å²) in [5, 5.41) is 3.05. The fourth-order valence-electron chi connectivity index (χ4n) is 5.13. The number of nitrogens with one attached hydrogen (secondary N) is 1. The molecule has 48 heavy (non-hydrogen) atoms. The summed E-state index contributed by atoms with van der Waals surface area (Å²) in [4.78, 5) is 30.2. The van der Waals surface area contributed by atoms with Crippen molar-refractivity contribution in [2.24, 2.45) is 0 Å². The van der Waals surface area contributed by atoms with Crippen LogP contribution in [0.4, 0.5) is 5.69 Å². The zero-order valence-corrected chi connectivity index (χ0v) is 30.3. The van der Waals surface area contributed by atoms with E-state index in [4.69, 9.17) is 9.47 Å². The van der Waals surface area contributed by atoms with Gasteiger partial charge in [0.05, 0.1) is 24.8 Å². The van der Waals surface area contributed by atoms with E-state index in [1.54, 1.807) is 24.3 Å². The van der Waals surface area contributed by atoms with Gasteiger partial charge in [0.2, 0.25) is 11.8 Å². The highest BCUT2D eigenvalue weighted by Crippen LogP contribution is 2.34. The standard InChI is InChI=1S/C37H42BrN3O6S/c1-6-27(3)39-37(43)33(22-28-10-8-7-9-11-28)40(24-29-14-16-30(38)17-15-29)36(42)25-41(31-18-21-34(46-4)35(23-31)47-5)48(44,45)32-19-12-26(2)13-20-32/h7-21,23,27,33H,6,22,24-25H2,1-5H3,(H,39,43)/t27-,33-/m1/s1. The smallest absolute Gasteiger partial charge is 0.264 e. The molecule has 4 aromatic rings. The number of rotatable bonds is 15. The molecule has 0 aliphatic heterocycles. The molecule has 0 aliphatic carbocycles. The Balaban J connectivity index is 1.84. The molecule has 0 fully saturated rings. The molecule has 0 spiro atoms. The number of aryl methyl sites for hydroxylation is 1. The van der Waals surface area contributed by atoms with Gasteiger partial charge in [0.1, 0.15) is 12.6 Å². The Morgan fingerprint density at radius 1 is 0.854 bits per heavy atom. The first kappa shape index (κ1) is 36.5. The van der Waals surface area contributed by atoms with Gasteiger partial charge in [-0.25, -0.2) is 8.42 Å². The van der Waals surface area contributed by atoms with E-state index in [1.807, 2.05) is 75.4 Å². The fraction of sp³-hybridized carbons (Fsp3) is 0.297. The van der Waals surface area contributed by atoms with Crippen LogP contribution in [0.3, 0.4) is 0 Å². The molecule has 9 nitrogen and oxygen atoms in total. The molecule has 1 N–H and O–H groups in total. The van der Waals surface area contributed by atoms with Gasteiger partial charge < -0.3 is 19.7 Å². The van der Waals surface area contributed by atoms with Crippen LogP contribution in [0, 0.1) is 6.92 Å². The molecular weight excluding hydrogens is 694 g/mol. The Morgan fingerprint density at radius 3 is 2.10 bits per heavy atom. The summed E-state index contributed by atoms with van der Waals surface area (Å²) in [7, 11) is -1.33. The van der Waals surface area contributed by atoms with Crippen LogP contribution in [0.2, 0.25) is 0 Å². The predicted molar refractivity (Wildman–Crippen MR) is 192 cm³/mol. The SMILES string of the molecule is CC[C@@H](C)NC(=O)[C@@H](Cc1ccccc1)N(Cc1ccc(Br)cc1)C(=O)CN(c1ccc(OC)c(OC)c1)S(=O)(=O)c1ccc(C)cc1. The molecule has 4 rings (SSSR count). The Labute approximate surface area is 292 Å². The number of amides is 2. The van der Waals surface area contributed by atoms with E-state index >= 15 is 0 Å². The van der Waals surface area contributed by atoms with Gasteiger partial charge in [-0.3, -0.25) is 13.9 Å². The maximum atomic E-state index is 14.7. The van der Waals surface area contributed by atoms with E-state index in [2.05, 4.69) is 21.2 Å². The number of carbonyl (C=O) groups excluding carboxylic acids is 2. The van der Waals surface area contributed by atoms with Crippen LogP contribution in [0.15, 0.2) is 106 Å². The van der Waals surface area contributed by atoms with E-state index in [9.17, 15) is 18.0 Å². The molecule has 0 aromatic heterocycles. The van der Waals surface area contributed by atoms with Crippen molar-refractivity contribution in [2.75, 3.05) is 25.1 Å². The number of hydrogen-bond acceptors (Lipinski definition) is 6. The van der Waals surface area contributed by atoms with Crippen LogP contribution < -0.4 is 19.1 Å². The van der Waals surface area contributed by atoms with Gasteiger partial charge in [0.25, 0.3) is 10.0 Å². The zero-order chi connectivity index (χ0) is 34.8. The number of halogens is 1. The molecule has 0 radical (unpaired) electrons. The van der Waals surface area contributed by atoms with Crippen molar-refractivity contribution in [3.8, 4) is 11.5 Å². The molecule has 0 saturated heterocycles. The van der Waals surface area contributed by atoms with Crippen LogP contribution in [0.1, 0.15) is 37.0 Å². The van der Waals surface area contributed by atoms with E-state index < -0.39 is 28.5 Å². The molecule has 2 atom stereocenters. The minimum absolute atomic E-state index is 0.0190. The van der Waals surface area contributed by atoms with Gasteiger partial charge in [0, 0.05) is 29.5 Å². The maximum absolute atomic E-state index is 14.7. The minimum Gasteiger partial charge on any atom is -0.493 e. The van der Waals surface area contributed by atoms with Crippen molar-refractivity contribution < 1.29 is 27.5 Å². The maximum Gasteiger partial charge on any atom is 0.264 e. The second kappa shape index (κ2) is 16.7. The first-order valence-corrected chi connectivity index (χ1v) is 17.9. The summed E-state index contributed by atoms with van der Waals surface area (Å²) in [6, 6.07) is 27.0. The van der Waals surface area contributed by atoms with Crippen molar-refractivity contribution >= 4 is 43.5 Å². The topological polar surface area (TPSA) is 105 Å².